The van der Waals surface area contributed by atoms with Crippen molar-refractivity contribution in [2.45, 2.75) is 31.5 Å². The van der Waals surface area contributed by atoms with E-state index in [0.717, 1.165) is 41.9 Å². The van der Waals surface area contributed by atoms with Gasteiger partial charge in [0.1, 0.15) is 11.5 Å². The van der Waals surface area contributed by atoms with Crippen LogP contribution in [0.15, 0.2) is 97.1 Å². The third-order valence-electron chi connectivity index (χ3n) is 7.26. The van der Waals surface area contributed by atoms with E-state index in [-0.39, 0.29) is 12.2 Å². The van der Waals surface area contributed by atoms with Gasteiger partial charge >= 0.3 is 0 Å². The van der Waals surface area contributed by atoms with Crippen molar-refractivity contribution in [1.29, 1.82) is 0 Å². The Kier molecular flexibility index (Phi) is 4.20. The Morgan fingerprint density at radius 3 is 1.82 bits per heavy atom. The number of hydrogen-bond donors (Lipinski definition) is 0. The zero-order chi connectivity index (χ0) is 21.8. The van der Waals surface area contributed by atoms with E-state index in [0.29, 0.717) is 0 Å². The van der Waals surface area contributed by atoms with Gasteiger partial charge in [0.25, 0.3) is 0 Å². The van der Waals surface area contributed by atoms with Crippen molar-refractivity contribution in [2.24, 2.45) is 0 Å². The Morgan fingerprint density at radius 1 is 0.576 bits per heavy atom. The molecule has 5 aromatic carbocycles. The van der Waals surface area contributed by atoms with Gasteiger partial charge in [0.05, 0.1) is 5.92 Å². The highest BCUT2D eigenvalue weighted by molar-refractivity contribution is 6.09. The largest absolute Gasteiger partial charge is 0.454 e. The summed E-state index contributed by atoms with van der Waals surface area (Å²) in [5.41, 5.74) is 5.04. The Balaban J connectivity index is 1.50. The van der Waals surface area contributed by atoms with Gasteiger partial charge in [-0.2, -0.15) is 0 Å². The number of fused-ring (bicyclic) bond motifs is 8. The van der Waals surface area contributed by atoms with E-state index in [1.54, 1.807) is 0 Å². The van der Waals surface area contributed by atoms with Crippen molar-refractivity contribution in [1.82, 2.24) is 0 Å². The maximum absolute atomic E-state index is 6.77. The smallest absolute Gasteiger partial charge is 0.247 e. The van der Waals surface area contributed by atoms with Crippen molar-refractivity contribution in [3.8, 4) is 22.6 Å². The van der Waals surface area contributed by atoms with E-state index in [1.165, 1.54) is 32.7 Å². The molecule has 0 saturated carbocycles. The Hall–Kier alpha value is -3.78. The topological polar surface area (TPSA) is 18.5 Å². The van der Waals surface area contributed by atoms with Crippen LogP contribution < -0.4 is 9.47 Å². The second kappa shape index (κ2) is 7.38. The molecule has 7 rings (SSSR count). The van der Waals surface area contributed by atoms with Crippen LogP contribution >= 0.6 is 0 Å². The van der Waals surface area contributed by atoms with Gasteiger partial charge < -0.3 is 9.47 Å². The van der Waals surface area contributed by atoms with Gasteiger partial charge in [-0.3, -0.25) is 0 Å². The quantitative estimate of drug-likeness (QED) is 0.270. The molecule has 1 atom stereocenters. The fourth-order valence-corrected chi connectivity index (χ4v) is 5.73. The van der Waals surface area contributed by atoms with Crippen LogP contribution in [0.1, 0.15) is 29.9 Å². The van der Waals surface area contributed by atoms with Crippen LogP contribution in [-0.2, 0) is 6.42 Å². The second-order valence-corrected chi connectivity index (χ2v) is 9.12. The first kappa shape index (κ1) is 18.8. The van der Waals surface area contributed by atoms with Gasteiger partial charge in [0.2, 0.25) is 6.29 Å². The van der Waals surface area contributed by atoms with Crippen LogP contribution in [0.5, 0.6) is 11.5 Å². The van der Waals surface area contributed by atoms with Crippen molar-refractivity contribution in [2.75, 3.05) is 0 Å². The fourth-order valence-electron chi connectivity index (χ4n) is 5.73. The summed E-state index contributed by atoms with van der Waals surface area (Å²) in [5.74, 6) is 2.00. The Morgan fingerprint density at radius 2 is 1.15 bits per heavy atom. The summed E-state index contributed by atoms with van der Waals surface area (Å²) >= 11 is 0. The molecule has 0 bridgehead atoms. The van der Waals surface area contributed by atoms with E-state index in [2.05, 4.69) is 97.1 Å². The van der Waals surface area contributed by atoms with E-state index in [4.69, 9.17) is 9.47 Å². The molecule has 2 aliphatic rings. The highest BCUT2D eigenvalue weighted by Crippen LogP contribution is 2.49. The van der Waals surface area contributed by atoms with Gasteiger partial charge in [-0.15, -0.1) is 0 Å². The number of rotatable bonds is 1. The van der Waals surface area contributed by atoms with Crippen LogP contribution in [0.4, 0.5) is 0 Å². The van der Waals surface area contributed by atoms with Gasteiger partial charge in [-0.25, -0.2) is 0 Å². The highest BCUT2D eigenvalue weighted by atomic mass is 16.7. The minimum atomic E-state index is -0.367. The molecule has 0 radical (unpaired) electrons. The van der Waals surface area contributed by atoms with E-state index in [1.807, 2.05) is 0 Å². The minimum Gasteiger partial charge on any atom is -0.454 e. The first-order valence-electron chi connectivity index (χ1n) is 11.8. The zero-order valence-electron chi connectivity index (χ0n) is 18.3. The molecule has 1 aliphatic heterocycles. The second-order valence-electron chi connectivity index (χ2n) is 9.12. The first-order chi connectivity index (χ1) is 16.4. The molecular weight excluding hydrogens is 404 g/mol. The molecule has 1 aliphatic carbocycles. The van der Waals surface area contributed by atoms with Crippen LogP contribution in [0.2, 0.25) is 0 Å². The summed E-state index contributed by atoms with van der Waals surface area (Å²) in [6.07, 6.45) is 2.98. The van der Waals surface area contributed by atoms with Crippen LogP contribution in [0, 0.1) is 0 Å². The predicted molar refractivity (Wildman–Crippen MR) is 134 cm³/mol. The molecule has 0 fully saturated rings. The van der Waals surface area contributed by atoms with E-state index >= 15 is 0 Å². The lowest BCUT2D eigenvalue weighted by Crippen LogP contribution is -2.33. The third-order valence-corrected chi connectivity index (χ3v) is 7.26. The summed E-state index contributed by atoms with van der Waals surface area (Å²) in [6, 6.07) is 34.5. The molecule has 0 spiro atoms. The normalized spacial score (nSPS) is 17.4. The van der Waals surface area contributed by atoms with Gasteiger partial charge in [-0.05, 0) is 64.1 Å². The number of aryl methyl sites for hydroxylation is 1. The van der Waals surface area contributed by atoms with Crippen LogP contribution in [-0.4, -0.2) is 6.29 Å². The third kappa shape index (κ3) is 2.94. The average Bonchev–Trinajstić information content (AvgIpc) is 3.05. The predicted octanol–water partition coefficient (Wildman–Crippen LogP) is 7.88. The molecule has 2 heteroatoms. The van der Waals surface area contributed by atoms with Crippen molar-refractivity contribution >= 4 is 21.5 Å². The monoisotopic (exact) mass is 428 g/mol. The maximum atomic E-state index is 6.77. The van der Waals surface area contributed by atoms with Crippen molar-refractivity contribution in [3.05, 3.63) is 108 Å². The number of ether oxygens (including phenoxy) is 2. The fraction of sp³-hybridized carbons (Fsp3) is 0.161. The molecule has 1 heterocycles. The highest BCUT2D eigenvalue weighted by Gasteiger charge is 2.35. The summed E-state index contributed by atoms with van der Waals surface area (Å²) in [4.78, 5) is 0. The standard InChI is InChI=1S/C31H24O2/c1-4-12-23-20(8-1)11-7-15-26(23)31-32-27-18-16-21-9-2-5-13-24(21)29(27)30-25-14-6-3-10-22(25)17-19-28(30)33-31/h1-6,8-10,12-14,16-19,26,31H,7,11,15H2. The minimum absolute atomic E-state index is 0.201. The molecule has 0 amide bonds. The lowest BCUT2D eigenvalue weighted by Gasteiger charge is -2.32. The summed E-state index contributed by atoms with van der Waals surface area (Å²) in [7, 11) is 0. The van der Waals surface area contributed by atoms with Gasteiger partial charge in [0, 0.05) is 11.1 Å². The maximum Gasteiger partial charge on any atom is 0.247 e. The molecule has 0 saturated heterocycles. The van der Waals surface area contributed by atoms with E-state index < -0.39 is 0 Å². The molecule has 33 heavy (non-hydrogen) atoms. The first-order valence-corrected chi connectivity index (χ1v) is 11.8. The average molecular weight is 429 g/mol. The summed E-state index contributed by atoms with van der Waals surface area (Å²) in [5, 5.41) is 4.81. The van der Waals surface area contributed by atoms with Crippen molar-refractivity contribution in [3.63, 3.8) is 0 Å². The van der Waals surface area contributed by atoms with Crippen molar-refractivity contribution < 1.29 is 9.47 Å². The van der Waals surface area contributed by atoms with Crippen LogP contribution in [0.25, 0.3) is 32.7 Å². The van der Waals surface area contributed by atoms with E-state index in [9.17, 15) is 0 Å². The molecule has 0 N–H and O–H groups in total. The zero-order valence-corrected chi connectivity index (χ0v) is 18.3. The molecule has 5 aromatic rings. The number of benzene rings is 5. The van der Waals surface area contributed by atoms with Gasteiger partial charge in [-0.1, -0.05) is 84.9 Å². The lowest BCUT2D eigenvalue weighted by molar-refractivity contribution is -0.0170. The molecule has 0 aromatic heterocycles. The molecular formula is C31H24O2. The summed E-state index contributed by atoms with van der Waals surface area (Å²) < 4.78 is 13.5. The lowest BCUT2D eigenvalue weighted by atomic mass is 9.82. The SMILES string of the molecule is c1ccc2c(c1)CCCC2C1Oc2ccc3ccccc3c2-c2c(ccc3ccccc23)O1. The van der Waals surface area contributed by atoms with Gasteiger partial charge in [0.15, 0.2) is 0 Å². The Labute approximate surface area is 193 Å². The molecule has 160 valence electrons. The molecule has 1 unspecified atom stereocenters. The summed E-state index contributed by atoms with van der Waals surface area (Å²) in [6.45, 7) is 0. The Bertz CT molecular complexity index is 1430. The van der Waals surface area contributed by atoms with Crippen LogP contribution in [0.3, 0.4) is 0 Å². The molecule has 2 nitrogen and oxygen atoms in total. The number of hydrogen-bond acceptors (Lipinski definition) is 2.